The van der Waals surface area contributed by atoms with Gasteiger partial charge in [-0.1, -0.05) is 29.3 Å². The summed E-state index contributed by atoms with van der Waals surface area (Å²) in [6, 6.07) is 9.36. The molecule has 1 aliphatic heterocycles. The third kappa shape index (κ3) is 6.04. The molecule has 0 saturated carbocycles. The number of cyclic esters (lactones) is 1. The van der Waals surface area contributed by atoms with Crippen LogP contribution in [-0.2, 0) is 19.1 Å². The maximum Gasteiger partial charge on any atom is 0.363 e. The van der Waals surface area contributed by atoms with E-state index in [1.54, 1.807) is 24.3 Å². The fourth-order valence-electron chi connectivity index (χ4n) is 2.55. The van der Waals surface area contributed by atoms with Gasteiger partial charge in [0.15, 0.2) is 5.70 Å². The number of carbonyl (C=O) groups excluding carboxylic acids is 3. The second-order valence-electron chi connectivity index (χ2n) is 6.26. The third-order valence-electron chi connectivity index (χ3n) is 3.80. The standard InChI is InChI=1S/C22H15Cl2NO6/c1-12(26)29-17-7-4-15(20(11-17)30-13(2)27)9-19-22(28)31-21(25-19)8-5-14-3-6-16(23)10-18(14)24/h3-11H,1-2H3. The van der Waals surface area contributed by atoms with E-state index in [9.17, 15) is 14.4 Å². The van der Waals surface area contributed by atoms with Gasteiger partial charge >= 0.3 is 17.9 Å². The molecule has 0 atom stereocenters. The smallest absolute Gasteiger partial charge is 0.363 e. The Hall–Kier alpha value is -3.42. The summed E-state index contributed by atoms with van der Waals surface area (Å²) >= 11 is 12.0. The highest BCUT2D eigenvalue weighted by molar-refractivity contribution is 6.35. The van der Waals surface area contributed by atoms with E-state index in [0.29, 0.717) is 21.2 Å². The number of aliphatic imine (C=N–C) groups is 1. The molecule has 1 heterocycles. The van der Waals surface area contributed by atoms with E-state index in [-0.39, 0.29) is 23.1 Å². The van der Waals surface area contributed by atoms with E-state index < -0.39 is 17.9 Å². The van der Waals surface area contributed by atoms with Gasteiger partial charge in [0, 0.05) is 41.6 Å². The monoisotopic (exact) mass is 459 g/mol. The van der Waals surface area contributed by atoms with Gasteiger partial charge in [0.25, 0.3) is 0 Å². The van der Waals surface area contributed by atoms with Crippen molar-refractivity contribution in [2.75, 3.05) is 0 Å². The number of benzene rings is 2. The zero-order valence-electron chi connectivity index (χ0n) is 16.3. The Morgan fingerprint density at radius 3 is 2.35 bits per heavy atom. The summed E-state index contributed by atoms with van der Waals surface area (Å²) in [7, 11) is 0. The highest BCUT2D eigenvalue weighted by atomic mass is 35.5. The molecule has 0 saturated heterocycles. The van der Waals surface area contributed by atoms with Crippen molar-refractivity contribution in [1.82, 2.24) is 0 Å². The number of nitrogens with zero attached hydrogens (tertiary/aromatic N) is 1. The lowest BCUT2D eigenvalue weighted by atomic mass is 10.1. The van der Waals surface area contributed by atoms with E-state index in [1.165, 1.54) is 44.2 Å². The van der Waals surface area contributed by atoms with Crippen LogP contribution in [0.4, 0.5) is 0 Å². The van der Waals surface area contributed by atoms with Crippen molar-refractivity contribution < 1.29 is 28.6 Å². The summed E-state index contributed by atoms with van der Waals surface area (Å²) in [5.74, 6) is -1.44. The molecule has 31 heavy (non-hydrogen) atoms. The van der Waals surface area contributed by atoms with Gasteiger partial charge in [-0.25, -0.2) is 9.79 Å². The number of hydrogen-bond acceptors (Lipinski definition) is 7. The molecule has 0 aliphatic carbocycles. The topological polar surface area (TPSA) is 91.3 Å². The predicted octanol–water partition coefficient (Wildman–Crippen LogP) is 4.85. The molecule has 2 aromatic carbocycles. The van der Waals surface area contributed by atoms with Crippen LogP contribution in [0.15, 0.2) is 53.2 Å². The summed E-state index contributed by atoms with van der Waals surface area (Å²) in [4.78, 5) is 38.9. The lowest BCUT2D eigenvalue weighted by molar-refractivity contribution is -0.132. The van der Waals surface area contributed by atoms with Crippen LogP contribution in [0.25, 0.3) is 12.2 Å². The minimum Gasteiger partial charge on any atom is -0.427 e. The molecule has 3 rings (SSSR count). The van der Waals surface area contributed by atoms with E-state index in [4.69, 9.17) is 37.4 Å². The minimum absolute atomic E-state index is 0.00417. The molecule has 0 bridgehead atoms. The molecular weight excluding hydrogens is 445 g/mol. The zero-order valence-corrected chi connectivity index (χ0v) is 17.9. The number of carbonyl (C=O) groups is 3. The van der Waals surface area contributed by atoms with Gasteiger partial charge in [-0.05, 0) is 42.0 Å². The molecule has 0 aromatic heterocycles. The second kappa shape index (κ2) is 9.59. The maximum atomic E-state index is 12.2. The Kier molecular flexibility index (Phi) is 6.89. The van der Waals surface area contributed by atoms with Crippen LogP contribution in [0.3, 0.4) is 0 Å². The van der Waals surface area contributed by atoms with Gasteiger partial charge in [0.05, 0.1) is 0 Å². The summed E-state index contributed by atoms with van der Waals surface area (Å²) in [5.41, 5.74) is 1.03. The maximum absolute atomic E-state index is 12.2. The second-order valence-corrected chi connectivity index (χ2v) is 7.10. The molecule has 7 nitrogen and oxygen atoms in total. The largest absolute Gasteiger partial charge is 0.427 e. The third-order valence-corrected chi connectivity index (χ3v) is 4.36. The molecule has 0 fully saturated rings. The first-order chi connectivity index (χ1) is 14.7. The number of ether oxygens (including phenoxy) is 3. The number of hydrogen-bond donors (Lipinski definition) is 0. The Balaban J connectivity index is 1.89. The van der Waals surface area contributed by atoms with Crippen molar-refractivity contribution in [3.63, 3.8) is 0 Å². The Bertz CT molecular complexity index is 1170. The van der Waals surface area contributed by atoms with Gasteiger partial charge in [0.2, 0.25) is 5.90 Å². The first-order valence-electron chi connectivity index (χ1n) is 8.88. The van der Waals surface area contributed by atoms with Crippen molar-refractivity contribution in [2.24, 2.45) is 4.99 Å². The van der Waals surface area contributed by atoms with E-state index in [0.717, 1.165) is 0 Å². The minimum atomic E-state index is -0.681. The van der Waals surface area contributed by atoms with E-state index in [1.807, 2.05) is 0 Å². The zero-order chi connectivity index (χ0) is 22.5. The van der Waals surface area contributed by atoms with Crippen LogP contribution < -0.4 is 9.47 Å². The highest BCUT2D eigenvalue weighted by Gasteiger charge is 2.22. The van der Waals surface area contributed by atoms with Crippen LogP contribution in [0, 0.1) is 0 Å². The first-order valence-corrected chi connectivity index (χ1v) is 9.63. The van der Waals surface area contributed by atoms with E-state index in [2.05, 4.69) is 4.99 Å². The molecule has 0 spiro atoms. The molecule has 1 aliphatic rings. The fraction of sp³-hybridized carbons (Fsp3) is 0.0909. The van der Waals surface area contributed by atoms with Crippen molar-refractivity contribution in [1.29, 1.82) is 0 Å². The average Bonchev–Trinajstić information content (AvgIpc) is 3.01. The summed E-state index contributed by atoms with van der Waals surface area (Å²) in [6.07, 6.45) is 4.52. The Labute approximate surface area is 187 Å². The average molecular weight is 460 g/mol. The summed E-state index contributed by atoms with van der Waals surface area (Å²) < 4.78 is 15.3. The van der Waals surface area contributed by atoms with Crippen molar-refractivity contribution >= 4 is 59.2 Å². The van der Waals surface area contributed by atoms with Crippen LogP contribution in [-0.4, -0.2) is 23.8 Å². The molecule has 0 N–H and O–H groups in total. The van der Waals surface area contributed by atoms with Gasteiger partial charge in [-0.15, -0.1) is 0 Å². The van der Waals surface area contributed by atoms with E-state index >= 15 is 0 Å². The highest BCUT2D eigenvalue weighted by Crippen LogP contribution is 2.29. The molecular formula is C22H15Cl2NO6. The normalized spacial score (nSPS) is 14.5. The van der Waals surface area contributed by atoms with Gasteiger partial charge < -0.3 is 14.2 Å². The SMILES string of the molecule is CC(=O)Oc1ccc(C=C2N=C(C=Cc3ccc(Cl)cc3Cl)OC2=O)c(OC(C)=O)c1. The number of rotatable bonds is 5. The lowest BCUT2D eigenvalue weighted by Gasteiger charge is -2.08. The van der Waals surface area contributed by atoms with Crippen molar-refractivity contribution in [3.8, 4) is 11.5 Å². The summed E-state index contributed by atoms with van der Waals surface area (Å²) in [6.45, 7) is 2.47. The molecule has 0 radical (unpaired) electrons. The van der Waals surface area contributed by atoms with Gasteiger partial charge in [-0.3, -0.25) is 9.59 Å². The number of esters is 3. The number of halogens is 2. The lowest BCUT2D eigenvalue weighted by Crippen LogP contribution is -2.05. The van der Waals surface area contributed by atoms with Crippen LogP contribution in [0.1, 0.15) is 25.0 Å². The summed E-state index contributed by atoms with van der Waals surface area (Å²) in [5, 5.41) is 0.934. The van der Waals surface area contributed by atoms with Crippen molar-refractivity contribution in [3.05, 3.63) is 69.3 Å². The Morgan fingerprint density at radius 2 is 1.68 bits per heavy atom. The fourth-order valence-corrected chi connectivity index (χ4v) is 3.02. The van der Waals surface area contributed by atoms with Crippen LogP contribution in [0.2, 0.25) is 10.0 Å². The van der Waals surface area contributed by atoms with Gasteiger partial charge in [-0.2, -0.15) is 0 Å². The quantitative estimate of drug-likeness (QED) is 0.360. The molecule has 0 unspecified atom stereocenters. The molecule has 158 valence electrons. The van der Waals surface area contributed by atoms with Crippen LogP contribution in [0.5, 0.6) is 11.5 Å². The molecule has 2 aromatic rings. The molecule has 9 heteroatoms. The molecule has 0 amide bonds. The first kappa shape index (κ1) is 22.3. The van der Waals surface area contributed by atoms with Crippen LogP contribution >= 0.6 is 23.2 Å². The van der Waals surface area contributed by atoms with Crippen molar-refractivity contribution in [2.45, 2.75) is 13.8 Å². The predicted molar refractivity (Wildman–Crippen MR) is 116 cm³/mol. The van der Waals surface area contributed by atoms with Gasteiger partial charge in [0.1, 0.15) is 11.5 Å². The Morgan fingerprint density at radius 1 is 0.968 bits per heavy atom.